The number of nitrogens with one attached hydrogen (secondary N) is 1. The number of halogens is 1. The Morgan fingerprint density at radius 1 is 1.40 bits per heavy atom. The summed E-state index contributed by atoms with van der Waals surface area (Å²) in [5, 5.41) is 3.43. The van der Waals surface area contributed by atoms with Gasteiger partial charge in [0.15, 0.2) is 0 Å². The molecule has 2 heteroatoms. The van der Waals surface area contributed by atoms with Gasteiger partial charge in [-0.3, -0.25) is 0 Å². The summed E-state index contributed by atoms with van der Waals surface area (Å²) in [6.07, 6.45) is 3.25. The van der Waals surface area contributed by atoms with Gasteiger partial charge in [0.05, 0.1) is 0 Å². The Morgan fingerprint density at radius 3 is 2.73 bits per heavy atom. The van der Waals surface area contributed by atoms with Crippen molar-refractivity contribution in [1.82, 2.24) is 0 Å². The molecular weight excluding hydrogens is 250 g/mol. The smallest absolute Gasteiger partial charge is 0.0375 e. The van der Waals surface area contributed by atoms with Crippen molar-refractivity contribution in [3.63, 3.8) is 0 Å². The van der Waals surface area contributed by atoms with Crippen LogP contribution in [0.1, 0.15) is 26.3 Å². The Morgan fingerprint density at radius 2 is 2.13 bits per heavy atom. The number of allylic oxidation sites excluding steroid dienone is 1. The first-order valence-corrected chi connectivity index (χ1v) is 6.08. The van der Waals surface area contributed by atoms with Crippen LogP contribution in [0.3, 0.4) is 0 Å². The van der Waals surface area contributed by atoms with Gasteiger partial charge < -0.3 is 5.32 Å². The monoisotopic (exact) mass is 267 g/mol. The molecule has 15 heavy (non-hydrogen) atoms. The van der Waals surface area contributed by atoms with Gasteiger partial charge in [-0.1, -0.05) is 34.5 Å². The zero-order valence-electron chi connectivity index (χ0n) is 9.60. The van der Waals surface area contributed by atoms with E-state index in [1.165, 1.54) is 16.8 Å². The zero-order chi connectivity index (χ0) is 11.3. The van der Waals surface area contributed by atoms with Crippen LogP contribution in [0, 0.1) is 0 Å². The molecule has 0 spiro atoms. The maximum Gasteiger partial charge on any atom is 0.0375 e. The molecule has 0 fully saturated rings. The minimum atomic E-state index is 0.900. The summed E-state index contributed by atoms with van der Waals surface area (Å²) >= 11 is 3.49. The number of rotatable bonds is 4. The predicted molar refractivity (Wildman–Crippen MR) is 71.4 cm³/mol. The van der Waals surface area contributed by atoms with E-state index in [9.17, 15) is 0 Å². The highest BCUT2D eigenvalue weighted by Gasteiger charge is 1.99. The van der Waals surface area contributed by atoms with Gasteiger partial charge >= 0.3 is 0 Å². The zero-order valence-corrected chi connectivity index (χ0v) is 11.2. The predicted octanol–water partition coefficient (Wildman–Crippen LogP) is 4.39. The highest BCUT2D eigenvalue weighted by molar-refractivity contribution is 9.10. The molecule has 0 aliphatic heterocycles. The molecule has 82 valence electrons. The summed E-state index contributed by atoms with van der Waals surface area (Å²) in [5.74, 6) is 0. The van der Waals surface area contributed by atoms with E-state index in [-0.39, 0.29) is 0 Å². The molecule has 0 saturated heterocycles. The van der Waals surface area contributed by atoms with Crippen molar-refractivity contribution in [2.75, 3.05) is 11.9 Å². The van der Waals surface area contributed by atoms with Gasteiger partial charge in [-0.25, -0.2) is 0 Å². The number of hydrogen-bond acceptors (Lipinski definition) is 1. The van der Waals surface area contributed by atoms with Crippen molar-refractivity contribution in [3.05, 3.63) is 39.9 Å². The van der Waals surface area contributed by atoms with Crippen molar-refractivity contribution in [3.8, 4) is 0 Å². The van der Waals surface area contributed by atoms with E-state index in [1.807, 2.05) is 0 Å². The van der Waals surface area contributed by atoms with Gasteiger partial charge in [-0.2, -0.15) is 0 Å². The van der Waals surface area contributed by atoms with Crippen molar-refractivity contribution >= 4 is 21.6 Å². The highest BCUT2D eigenvalue weighted by atomic mass is 79.9. The molecule has 0 aliphatic rings. The molecule has 1 aromatic rings. The van der Waals surface area contributed by atoms with Crippen molar-refractivity contribution in [1.29, 1.82) is 0 Å². The first-order valence-electron chi connectivity index (χ1n) is 5.29. The molecule has 0 radical (unpaired) electrons. The maximum atomic E-state index is 3.49. The Balaban J connectivity index is 2.72. The van der Waals surface area contributed by atoms with E-state index in [4.69, 9.17) is 0 Å². The second-order valence-corrected chi connectivity index (χ2v) is 4.73. The van der Waals surface area contributed by atoms with Crippen LogP contribution in [0.4, 0.5) is 5.69 Å². The van der Waals surface area contributed by atoms with Crippen LogP contribution < -0.4 is 5.32 Å². The average Bonchev–Trinajstić information content (AvgIpc) is 2.19. The van der Waals surface area contributed by atoms with E-state index >= 15 is 0 Å². The molecule has 0 heterocycles. The first kappa shape index (κ1) is 12.3. The van der Waals surface area contributed by atoms with Crippen molar-refractivity contribution in [2.45, 2.75) is 27.2 Å². The topological polar surface area (TPSA) is 12.0 Å². The standard InChI is InChI=1S/C13H18BrN/c1-4-11-9-12(14)5-6-13(11)15-8-7-10(2)3/h5-7,9,15H,4,8H2,1-3H3. The third-order valence-electron chi connectivity index (χ3n) is 2.25. The number of benzene rings is 1. The second kappa shape index (κ2) is 5.96. The lowest BCUT2D eigenvalue weighted by Gasteiger charge is -2.09. The van der Waals surface area contributed by atoms with Gasteiger partial charge in [0.1, 0.15) is 0 Å². The Labute approximate surface area is 101 Å². The fourth-order valence-electron chi connectivity index (χ4n) is 1.39. The molecule has 0 amide bonds. The summed E-state index contributed by atoms with van der Waals surface area (Å²) in [6, 6.07) is 6.37. The van der Waals surface area contributed by atoms with Gasteiger partial charge in [0.2, 0.25) is 0 Å². The SMILES string of the molecule is CCc1cc(Br)ccc1NCC=C(C)C. The number of hydrogen-bond donors (Lipinski definition) is 1. The lowest BCUT2D eigenvalue weighted by Crippen LogP contribution is -2.01. The summed E-state index contributed by atoms with van der Waals surface area (Å²) in [4.78, 5) is 0. The van der Waals surface area contributed by atoms with E-state index in [0.29, 0.717) is 0 Å². The van der Waals surface area contributed by atoms with Crippen molar-refractivity contribution < 1.29 is 0 Å². The van der Waals surface area contributed by atoms with Crippen LogP contribution in [0.2, 0.25) is 0 Å². The molecule has 0 unspecified atom stereocenters. The van der Waals surface area contributed by atoms with Crippen LogP contribution >= 0.6 is 15.9 Å². The van der Waals surface area contributed by atoms with Gasteiger partial charge in [0, 0.05) is 16.7 Å². The van der Waals surface area contributed by atoms with Gasteiger partial charge in [-0.05, 0) is 44.0 Å². The molecule has 0 aromatic heterocycles. The lowest BCUT2D eigenvalue weighted by molar-refractivity contribution is 1.12. The molecule has 0 aliphatic carbocycles. The van der Waals surface area contributed by atoms with Crippen LogP contribution in [0.15, 0.2) is 34.3 Å². The van der Waals surface area contributed by atoms with Gasteiger partial charge in [0.25, 0.3) is 0 Å². The molecule has 0 atom stereocenters. The number of aryl methyl sites for hydroxylation is 1. The van der Waals surface area contributed by atoms with E-state index < -0.39 is 0 Å². The fraction of sp³-hybridized carbons (Fsp3) is 0.385. The number of anilines is 1. The minimum Gasteiger partial charge on any atom is -0.381 e. The lowest BCUT2D eigenvalue weighted by atomic mass is 10.1. The first-order chi connectivity index (χ1) is 7.13. The minimum absolute atomic E-state index is 0.900. The normalized spacial score (nSPS) is 9.87. The summed E-state index contributed by atoms with van der Waals surface area (Å²) < 4.78 is 1.15. The largest absolute Gasteiger partial charge is 0.381 e. The van der Waals surface area contributed by atoms with E-state index in [0.717, 1.165) is 17.4 Å². The summed E-state index contributed by atoms with van der Waals surface area (Å²) in [5.41, 5.74) is 3.93. The Bertz CT molecular complexity index is 352. The summed E-state index contributed by atoms with van der Waals surface area (Å²) in [6.45, 7) is 7.30. The molecule has 0 bridgehead atoms. The average molecular weight is 268 g/mol. The molecular formula is C13H18BrN. The quantitative estimate of drug-likeness (QED) is 0.798. The molecule has 1 nitrogen and oxygen atoms in total. The summed E-state index contributed by atoms with van der Waals surface area (Å²) in [7, 11) is 0. The van der Waals surface area contributed by atoms with Crippen LogP contribution in [-0.2, 0) is 6.42 Å². The van der Waals surface area contributed by atoms with Crippen LogP contribution in [0.25, 0.3) is 0 Å². The third kappa shape index (κ3) is 4.08. The molecule has 0 saturated carbocycles. The van der Waals surface area contributed by atoms with Crippen LogP contribution in [-0.4, -0.2) is 6.54 Å². The Hall–Kier alpha value is -0.760. The third-order valence-corrected chi connectivity index (χ3v) is 2.74. The maximum absolute atomic E-state index is 3.49. The van der Waals surface area contributed by atoms with Crippen LogP contribution in [0.5, 0.6) is 0 Å². The second-order valence-electron chi connectivity index (χ2n) is 3.82. The van der Waals surface area contributed by atoms with E-state index in [2.05, 4.69) is 66.3 Å². The molecule has 1 rings (SSSR count). The van der Waals surface area contributed by atoms with E-state index in [1.54, 1.807) is 0 Å². The fourth-order valence-corrected chi connectivity index (χ4v) is 1.80. The van der Waals surface area contributed by atoms with Crippen molar-refractivity contribution in [2.24, 2.45) is 0 Å². The Kier molecular flexibility index (Phi) is 4.89. The molecule has 1 aromatic carbocycles. The van der Waals surface area contributed by atoms with Gasteiger partial charge in [-0.15, -0.1) is 0 Å². The molecule has 1 N–H and O–H groups in total. The highest BCUT2D eigenvalue weighted by Crippen LogP contribution is 2.21.